The average Bonchev–Trinajstić information content (AvgIpc) is 3.10. The number of carbonyl (C=O) groups is 2. The van der Waals surface area contributed by atoms with Gasteiger partial charge in [-0.1, -0.05) is 36.4 Å². The molecule has 1 atom stereocenters. The van der Waals surface area contributed by atoms with E-state index in [0.29, 0.717) is 6.54 Å². The normalized spacial score (nSPS) is 11.8. The van der Waals surface area contributed by atoms with Crippen LogP contribution in [0.4, 0.5) is 0 Å². The molecule has 0 aliphatic carbocycles. The van der Waals surface area contributed by atoms with Gasteiger partial charge in [0.15, 0.2) is 6.54 Å². The van der Waals surface area contributed by atoms with Crippen LogP contribution in [-0.4, -0.2) is 55.8 Å². The zero-order valence-corrected chi connectivity index (χ0v) is 15.1. The molecule has 0 spiro atoms. The Morgan fingerprint density at radius 3 is 2.33 bits per heavy atom. The number of nitrogens with zero attached hydrogens (tertiary/aromatic N) is 2. The SMILES string of the molecule is CN(C)C(=O)CN(C)C(=O)C[NH2+][C@@H](c1ccccc1)c1cccs1. The van der Waals surface area contributed by atoms with E-state index in [1.54, 1.807) is 32.5 Å². The van der Waals surface area contributed by atoms with Crippen LogP contribution in [0, 0.1) is 0 Å². The molecule has 1 aromatic carbocycles. The number of benzene rings is 1. The number of quaternary nitrogens is 1. The first-order valence-corrected chi connectivity index (χ1v) is 8.72. The Morgan fingerprint density at radius 2 is 1.75 bits per heavy atom. The standard InChI is InChI=1S/C18H23N3O2S/c1-20(2)17(23)13-21(3)16(22)12-19-18(15-10-7-11-24-15)14-8-5-4-6-9-14/h4-11,18-19H,12-13H2,1-3H3/p+1/t18-/m0/s1. The van der Waals surface area contributed by atoms with Gasteiger partial charge >= 0.3 is 0 Å². The van der Waals surface area contributed by atoms with Gasteiger partial charge in [0.2, 0.25) is 5.91 Å². The van der Waals surface area contributed by atoms with E-state index in [-0.39, 0.29) is 24.4 Å². The third kappa shape index (κ3) is 4.91. The van der Waals surface area contributed by atoms with E-state index in [2.05, 4.69) is 18.2 Å². The number of likely N-dealkylation sites (N-methyl/N-ethyl adjacent to an activating group) is 2. The molecule has 6 heteroatoms. The van der Waals surface area contributed by atoms with Crippen LogP contribution < -0.4 is 5.32 Å². The third-order valence-corrected chi connectivity index (χ3v) is 4.79. The second-order valence-electron chi connectivity index (χ2n) is 5.88. The van der Waals surface area contributed by atoms with Crippen molar-refractivity contribution < 1.29 is 14.9 Å². The molecule has 0 radical (unpaired) electrons. The second kappa shape index (κ2) is 8.61. The van der Waals surface area contributed by atoms with Crippen molar-refractivity contribution in [3.63, 3.8) is 0 Å². The highest BCUT2D eigenvalue weighted by molar-refractivity contribution is 7.10. The van der Waals surface area contributed by atoms with Gasteiger partial charge in [0, 0.05) is 26.7 Å². The summed E-state index contributed by atoms with van der Waals surface area (Å²) in [5.41, 5.74) is 1.17. The smallest absolute Gasteiger partial charge is 0.277 e. The first kappa shape index (κ1) is 18.2. The van der Waals surface area contributed by atoms with Gasteiger partial charge in [0.1, 0.15) is 6.04 Å². The summed E-state index contributed by atoms with van der Waals surface area (Å²) in [4.78, 5) is 28.2. The van der Waals surface area contributed by atoms with E-state index in [1.807, 2.05) is 35.0 Å². The van der Waals surface area contributed by atoms with Gasteiger partial charge in [-0.3, -0.25) is 9.59 Å². The molecule has 2 amide bonds. The summed E-state index contributed by atoms with van der Waals surface area (Å²) < 4.78 is 0. The van der Waals surface area contributed by atoms with Gasteiger partial charge < -0.3 is 15.1 Å². The summed E-state index contributed by atoms with van der Waals surface area (Å²) in [7, 11) is 5.05. The van der Waals surface area contributed by atoms with Crippen LogP contribution in [0.5, 0.6) is 0 Å². The third-order valence-electron chi connectivity index (χ3n) is 3.83. The molecule has 0 unspecified atom stereocenters. The lowest BCUT2D eigenvalue weighted by Crippen LogP contribution is -2.87. The zero-order chi connectivity index (χ0) is 17.5. The maximum Gasteiger partial charge on any atom is 0.277 e. The van der Waals surface area contributed by atoms with E-state index in [1.165, 1.54) is 20.2 Å². The maximum atomic E-state index is 12.3. The molecular weight excluding hydrogens is 322 g/mol. The molecule has 1 aromatic heterocycles. The topological polar surface area (TPSA) is 57.2 Å². The van der Waals surface area contributed by atoms with Crippen molar-refractivity contribution in [3.05, 3.63) is 58.3 Å². The van der Waals surface area contributed by atoms with Crippen LogP contribution in [0.1, 0.15) is 16.5 Å². The van der Waals surface area contributed by atoms with Crippen molar-refractivity contribution in [2.45, 2.75) is 6.04 Å². The molecular formula is C18H24N3O2S+. The van der Waals surface area contributed by atoms with Crippen molar-refractivity contribution >= 4 is 23.2 Å². The van der Waals surface area contributed by atoms with Crippen molar-refractivity contribution in [1.82, 2.24) is 9.80 Å². The molecule has 0 saturated heterocycles. The highest BCUT2D eigenvalue weighted by Crippen LogP contribution is 2.22. The fourth-order valence-corrected chi connectivity index (χ4v) is 3.20. The van der Waals surface area contributed by atoms with Gasteiger partial charge in [-0.05, 0) is 11.4 Å². The Hall–Kier alpha value is -2.18. The number of thiophene rings is 1. The molecule has 0 saturated carbocycles. The van der Waals surface area contributed by atoms with Crippen LogP contribution in [0.2, 0.25) is 0 Å². The van der Waals surface area contributed by atoms with Crippen LogP contribution >= 0.6 is 11.3 Å². The molecule has 2 N–H and O–H groups in total. The summed E-state index contributed by atoms with van der Waals surface area (Å²) in [6.45, 7) is 0.406. The molecule has 0 aliphatic rings. The summed E-state index contributed by atoms with van der Waals surface area (Å²) >= 11 is 1.68. The molecule has 5 nitrogen and oxygen atoms in total. The second-order valence-corrected chi connectivity index (χ2v) is 6.86. The van der Waals surface area contributed by atoms with Crippen LogP contribution in [-0.2, 0) is 9.59 Å². The summed E-state index contributed by atoms with van der Waals surface area (Å²) in [6.07, 6.45) is 0. The van der Waals surface area contributed by atoms with E-state index < -0.39 is 0 Å². The predicted octanol–water partition coefficient (Wildman–Crippen LogP) is 0.948. The molecule has 0 bridgehead atoms. The largest absolute Gasteiger partial charge is 0.347 e. The summed E-state index contributed by atoms with van der Waals surface area (Å²) in [5, 5.41) is 4.07. The molecule has 0 fully saturated rings. The van der Waals surface area contributed by atoms with E-state index in [9.17, 15) is 9.59 Å². The molecule has 1 heterocycles. The first-order valence-electron chi connectivity index (χ1n) is 7.85. The fraction of sp³-hybridized carbons (Fsp3) is 0.333. The van der Waals surface area contributed by atoms with Gasteiger partial charge in [-0.25, -0.2) is 0 Å². The minimum absolute atomic E-state index is 0.0531. The highest BCUT2D eigenvalue weighted by atomic mass is 32.1. The summed E-state index contributed by atoms with van der Waals surface area (Å²) in [5.74, 6) is -0.133. The maximum absolute atomic E-state index is 12.3. The lowest BCUT2D eigenvalue weighted by molar-refractivity contribution is -0.676. The van der Waals surface area contributed by atoms with Gasteiger partial charge in [0.25, 0.3) is 5.91 Å². The number of hydrogen-bond donors (Lipinski definition) is 1. The quantitative estimate of drug-likeness (QED) is 0.811. The fourth-order valence-electron chi connectivity index (χ4n) is 2.35. The Morgan fingerprint density at radius 1 is 1.04 bits per heavy atom. The highest BCUT2D eigenvalue weighted by Gasteiger charge is 2.22. The lowest BCUT2D eigenvalue weighted by atomic mass is 10.1. The first-order chi connectivity index (χ1) is 11.5. The van der Waals surface area contributed by atoms with Gasteiger partial charge in [-0.15, -0.1) is 11.3 Å². The van der Waals surface area contributed by atoms with Gasteiger partial charge in [0.05, 0.1) is 11.4 Å². The Bertz CT molecular complexity index is 656. The number of nitrogens with two attached hydrogens (primary N) is 1. The van der Waals surface area contributed by atoms with Crippen molar-refractivity contribution in [1.29, 1.82) is 0 Å². The number of hydrogen-bond acceptors (Lipinski definition) is 3. The molecule has 0 aliphatic heterocycles. The number of rotatable bonds is 7. The zero-order valence-electron chi connectivity index (χ0n) is 14.3. The minimum atomic E-state index is -0.0799. The van der Waals surface area contributed by atoms with Gasteiger partial charge in [-0.2, -0.15) is 0 Å². The summed E-state index contributed by atoms with van der Waals surface area (Å²) in [6, 6.07) is 14.3. The molecule has 2 aromatic rings. The average molecular weight is 346 g/mol. The molecule has 24 heavy (non-hydrogen) atoms. The van der Waals surface area contributed by atoms with Crippen LogP contribution in [0.3, 0.4) is 0 Å². The molecule has 128 valence electrons. The monoisotopic (exact) mass is 346 g/mol. The Labute approximate surface area is 146 Å². The van der Waals surface area contributed by atoms with Crippen molar-refractivity contribution in [2.75, 3.05) is 34.2 Å². The van der Waals surface area contributed by atoms with E-state index in [4.69, 9.17) is 0 Å². The number of amides is 2. The van der Waals surface area contributed by atoms with Crippen LogP contribution in [0.15, 0.2) is 47.8 Å². The Kier molecular flexibility index (Phi) is 6.52. The lowest BCUT2D eigenvalue weighted by Gasteiger charge is -2.20. The predicted molar refractivity (Wildman–Crippen MR) is 95.7 cm³/mol. The van der Waals surface area contributed by atoms with E-state index >= 15 is 0 Å². The molecule has 2 rings (SSSR count). The minimum Gasteiger partial charge on any atom is -0.347 e. The van der Waals surface area contributed by atoms with E-state index in [0.717, 1.165) is 0 Å². The van der Waals surface area contributed by atoms with Crippen LogP contribution in [0.25, 0.3) is 0 Å². The van der Waals surface area contributed by atoms with Crippen molar-refractivity contribution in [3.8, 4) is 0 Å². The van der Waals surface area contributed by atoms with Crippen molar-refractivity contribution in [2.24, 2.45) is 0 Å². The number of carbonyl (C=O) groups excluding carboxylic acids is 2. The Balaban J connectivity index is 2.01.